The molecule has 9 unspecified atom stereocenters. The van der Waals surface area contributed by atoms with Crippen LogP contribution in [0.15, 0.2) is 24.3 Å². The summed E-state index contributed by atoms with van der Waals surface area (Å²) in [6.45, 7) is 3.37. The molecule has 0 aliphatic carbocycles. The first-order valence-corrected chi connectivity index (χ1v) is 23.7. The van der Waals surface area contributed by atoms with Crippen molar-refractivity contribution in [1.29, 1.82) is 0 Å². The zero-order valence-electron chi connectivity index (χ0n) is 36.8. The number of hydrogen-bond donors (Lipinski definition) is 8. The van der Waals surface area contributed by atoms with Gasteiger partial charge in [0, 0.05) is 0 Å². The Balaban J connectivity index is 2.41. The highest BCUT2D eigenvalue weighted by molar-refractivity contribution is 5.80. The molecule has 0 aromatic rings. The predicted molar refractivity (Wildman–Crippen MR) is 233 cm³/mol. The van der Waals surface area contributed by atoms with Gasteiger partial charge >= 0.3 is 0 Å². The average Bonchev–Trinajstić information content (AvgIpc) is 3.22. The van der Waals surface area contributed by atoms with Crippen molar-refractivity contribution in [2.45, 2.75) is 255 Å². The third-order valence-corrected chi connectivity index (χ3v) is 11.5. The lowest BCUT2D eigenvalue weighted by Crippen LogP contribution is -2.60. The maximum atomic E-state index is 13.0. The van der Waals surface area contributed by atoms with E-state index in [1.807, 2.05) is 0 Å². The van der Waals surface area contributed by atoms with Crippen LogP contribution in [-0.4, -0.2) is 110 Å². The average molecular weight is 828 g/mol. The second-order valence-corrected chi connectivity index (χ2v) is 16.8. The largest absolute Gasteiger partial charge is 0.394 e. The van der Waals surface area contributed by atoms with Gasteiger partial charge in [-0.1, -0.05) is 167 Å². The Labute approximate surface area is 353 Å². The number of allylic oxidation sites excluding steroid dienone is 4. The van der Waals surface area contributed by atoms with Crippen LogP contribution in [0.4, 0.5) is 0 Å². The fourth-order valence-corrected chi connectivity index (χ4v) is 7.48. The Bertz CT molecular complexity index is 997. The van der Waals surface area contributed by atoms with E-state index in [1.54, 1.807) is 0 Å². The highest BCUT2D eigenvalue weighted by Crippen LogP contribution is 2.23. The van der Waals surface area contributed by atoms with Crippen LogP contribution in [0.1, 0.15) is 200 Å². The molecular weight excluding hydrogens is 739 g/mol. The first kappa shape index (κ1) is 54.6. The molecule has 0 spiro atoms. The van der Waals surface area contributed by atoms with Crippen LogP contribution in [0.3, 0.4) is 0 Å². The second-order valence-electron chi connectivity index (χ2n) is 16.8. The molecule has 1 fully saturated rings. The summed E-state index contributed by atoms with van der Waals surface area (Å²) in [5, 5.41) is 75.5. The predicted octanol–water partition coefficient (Wildman–Crippen LogP) is 7.84. The van der Waals surface area contributed by atoms with E-state index in [9.17, 15) is 40.5 Å². The molecular formula is C47H89NO10. The van der Waals surface area contributed by atoms with Crippen molar-refractivity contribution in [2.75, 3.05) is 13.2 Å². The number of unbranched alkanes of at least 4 members (excludes halogenated alkanes) is 23. The summed E-state index contributed by atoms with van der Waals surface area (Å²) in [5.41, 5.74) is 0. The molecule has 342 valence electrons. The molecule has 9 atom stereocenters. The topological polar surface area (TPSA) is 189 Å². The van der Waals surface area contributed by atoms with Crippen LogP contribution in [0, 0.1) is 0 Å². The van der Waals surface area contributed by atoms with Gasteiger partial charge in [0.1, 0.15) is 36.6 Å². The van der Waals surface area contributed by atoms with Crippen LogP contribution in [0.5, 0.6) is 0 Å². The maximum Gasteiger partial charge on any atom is 0.249 e. The lowest BCUT2D eigenvalue weighted by Gasteiger charge is -2.40. The Morgan fingerprint density at radius 3 is 1.53 bits per heavy atom. The summed E-state index contributed by atoms with van der Waals surface area (Å²) in [4.78, 5) is 13.0. The summed E-state index contributed by atoms with van der Waals surface area (Å²) in [6, 6.07) is -1.19. The quantitative estimate of drug-likeness (QED) is 0.0224. The molecule has 1 rings (SSSR count). The van der Waals surface area contributed by atoms with Crippen molar-refractivity contribution in [2.24, 2.45) is 0 Å². The molecule has 0 saturated carbocycles. The first-order valence-electron chi connectivity index (χ1n) is 23.7. The zero-order valence-corrected chi connectivity index (χ0v) is 36.8. The summed E-state index contributed by atoms with van der Waals surface area (Å²) in [5.74, 6) is -0.718. The Hall–Kier alpha value is -1.41. The van der Waals surface area contributed by atoms with E-state index in [1.165, 1.54) is 109 Å². The number of carbonyl (C=O) groups is 1. The van der Waals surface area contributed by atoms with Crippen LogP contribution in [-0.2, 0) is 14.3 Å². The minimum atomic E-state index is -1.67. The van der Waals surface area contributed by atoms with Crippen molar-refractivity contribution < 1.29 is 50.0 Å². The Kier molecular flexibility index (Phi) is 35.2. The molecule has 1 heterocycles. The van der Waals surface area contributed by atoms with Crippen molar-refractivity contribution in [3.05, 3.63) is 24.3 Å². The monoisotopic (exact) mass is 828 g/mol. The molecule has 11 nitrogen and oxygen atoms in total. The summed E-state index contributed by atoms with van der Waals surface area (Å²) < 4.78 is 11.1. The van der Waals surface area contributed by atoms with Gasteiger partial charge in [-0.15, -0.1) is 0 Å². The van der Waals surface area contributed by atoms with E-state index >= 15 is 0 Å². The SMILES string of the molecule is CCCC/C=C\CCCCCCC(O)C(=O)NC(COC1OC(CO)C(O)C(O)C1O)C(O)C(O)CCC/C=C/CCCCCCCCCCCCCCCCCC. The number of carbonyl (C=O) groups excluding carboxylic acids is 1. The Morgan fingerprint density at radius 2 is 1.03 bits per heavy atom. The van der Waals surface area contributed by atoms with Crippen LogP contribution in [0.25, 0.3) is 0 Å². The highest BCUT2D eigenvalue weighted by atomic mass is 16.7. The summed E-state index contributed by atoms with van der Waals surface area (Å²) in [7, 11) is 0. The van der Waals surface area contributed by atoms with Gasteiger partial charge in [-0.3, -0.25) is 4.79 Å². The number of amides is 1. The smallest absolute Gasteiger partial charge is 0.249 e. The second kappa shape index (κ2) is 37.4. The molecule has 1 aliphatic rings. The number of hydrogen-bond acceptors (Lipinski definition) is 10. The molecule has 0 aromatic heterocycles. The van der Waals surface area contributed by atoms with Crippen molar-refractivity contribution >= 4 is 5.91 Å². The highest BCUT2D eigenvalue weighted by Gasteiger charge is 2.44. The number of rotatable bonds is 39. The lowest BCUT2D eigenvalue weighted by atomic mass is 9.98. The number of aliphatic hydroxyl groups excluding tert-OH is 7. The van der Waals surface area contributed by atoms with E-state index in [2.05, 4.69) is 43.5 Å². The minimum Gasteiger partial charge on any atom is -0.394 e. The number of aliphatic hydroxyl groups is 7. The lowest BCUT2D eigenvalue weighted by molar-refractivity contribution is -0.303. The van der Waals surface area contributed by atoms with Gasteiger partial charge in [0.2, 0.25) is 5.91 Å². The molecule has 11 heteroatoms. The molecule has 1 aliphatic heterocycles. The van der Waals surface area contributed by atoms with Crippen LogP contribution < -0.4 is 5.32 Å². The van der Waals surface area contributed by atoms with E-state index in [4.69, 9.17) is 9.47 Å². The van der Waals surface area contributed by atoms with E-state index in [0.29, 0.717) is 12.8 Å². The molecule has 0 aromatic carbocycles. The fraction of sp³-hybridized carbons (Fsp3) is 0.894. The molecule has 1 amide bonds. The molecule has 0 radical (unpaired) electrons. The van der Waals surface area contributed by atoms with Gasteiger partial charge in [0.25, 0.3) is 0 Å². The summed E-state index contributed by atoms with van der Waals surface area (Å²) >= 11 is 0. The standard InChI is InChI=1S/C47H89NO10/c1-3-5-7-9-11-13-15-16-17-18-19-20-21-22-23-24-25-27-28-30-32-34-39(50)42(52)38(37-57-47-45(55)44(54)43(53)41(36-49)58-47)48-46(56)40(51)35-33-31-29-26-14-12-10-8-6-4-2/h10,12,27-28,38-45,47,49-55H,3-9,11,13-26,29-37H2,1-2H3,(H,48,56)/b12-10-,28-27+. The van der Waals surface area contributed by atoms with Crippen LogP contribution >= 0.6 is 0 Å². The van der Waals surface area contributed by atoms with Crippen molar-refractivity contribution in [1.82, 2.24) is 5.32 Å². The normalized spacial score (nSPS) is 22.1. The first-order chi connectivity index (χ1) is 28.2. The van der Waals surface area contributed by atoms with Gasteiger partial charge in [0.05, 0.1) is 25.4 Å². The zero-order chi connectivity index (χ0) is 42.6. The maximum absolute atomic E-state index is 13.0. The summed E-state index contributed by atoms with van der Waals surface area (Å²) in [6.07, 6.45) is 29.6. The van der Waals surface area contributed by atoms with Gasteiger partial charge in [0.15, 0.2) is 6.29 Å². The van der Waals surface area contributed by atoms with Crippen molar-refractivity contribution in [3.63, 3.8) is 0 Å². The van der Waals surface area contributed by atoms with Crippen molar-refractivity contribution in [3.8, 4) is 0 Å². The minimum absolute atomic E-state index is 0.239. The van der Waals surface area contributed by atoms with Gasteiger partial charge in [-0.25, -0.2) is 0 Å². The van der Waals surface area contributed by atoms with E-state index < -0.39 is 74.2 Å². The van der Waals surface area contributed by atoms with Gasteiger partial charge in [-0.2, -0.15) is 0 Å². The fourth-order valence-electron chi connectivity index (χ4n) is 7.48. The molecule has 1 saturated heterocycles. The Morgan fingerprint density at radius 1 is 0.586 bits per heavy atom. The van der Waals surface area contributed by atoms with Crippen LogP contribution in [0.2, 0.25) is 0 Å². The molecule has 0 bridgehead atoms. The molecule has 58 heavy (non-hydrogen) atoms. The number of ether oxygens (including phenoxy) is 2. The van der Waals surface area contributed by atoms with Gasteiger partial charge < -0.3 is 50.5 Å². The third-order valence-electron chi connectivity index (χ3n) is 11.5. The third kappa shape index (κ3) is 26.7. The van der Waals surface area contributed by atoms with E-state index in [-0.39, 0.29) is 12.8 Å². The van der Waals surface area contributed by atoms with Gasteiger partial charge in [-0.05, 0) is 57.8 Å². The number of nitrogens with one attached hydrogen (secondary N) is 1. The molecule has 8 N–H and O–H groups in total. The van der Waals surface area contributed by atoms with E-state index in [0.717, 1.165) is 51.4 Å².